The van der Waals surface area contributed by atoms with Crippen LogP contribution in [-0.2, 0) is 12.8 Å². The third-order valence-electron chi connectivity index (χ3n) is 4.48. The first-order chi connectivity index (χ1) is 10.1. The molecule has 2 atom stereocenters. The van der Waals surface area contributed by atoms with Crippen molar-refractivity contribution in [1.82, 2.24) is 0 Å². The van der Waals surface area contributed by atoms with Crippen molar-refractivity contribution >= 4 is 27.5 Å². The van der Waals surface area contributed by atoms with E-state index in [0.717, 1.165) is 11.4 Å². The predicted molar refractivity (Wildman–Crippen MR) is 94.4 cm³/mol. The van der Waals surface area contributed by atoms with Crippen LogP contribution in [0.5, 0.6) is 0 Å². The Morgan fingerprint density at radius 2 is 2.00 bits per heavy atom. The highest BCUT2D eigenvalue weighted by Gasteiger charge is 2.26. The van der Waals surface area contributed by atoms with Crippen molar-refractivity contribution in [1.29, 1.82) is 0 Å². The van der Waals surface area contributed by atoms with E-state index in [1.807, 2.05) is 0 Å². The van der Waals surface area contributed by atoms with Crippen LogP contribution in [-0.4, -0.2) is 0 Å². The summed E-state index contributed by atoms with van der Waals surface area (Å²) in [5.74, 6) is 0.605. The zero-order chi connectivity index (χ0) is 14.8. The zero-order valence-electron chi connectivity index (χ0n) is 12.3. The molecule has 0 saturated heterocycles. The standard InChI is InChI=1S/C19H20BrCl/c1-13-9-10-15(18(21)11-13)12-16-7-4-6-14-5-2-3-8-17(14)19(16)20/h2-3,5,8-11,16,19H,4,6-7,12H2,1H3. The highest BCUT2D eigenvalue weighted by molar-refractivity contribution is 9.09. The Bertz CT molecular complexity index is 635. The van der Waals surface area contributed by atoms with Gasteiger partial charge >= 0.3 is 0 Å². The molecular formula is C19H20BrCl. The molecule has 0 fully saturated rings. The van der Waals surface area contributed by atoms with Gasteiger partial charge in [0.2, 0.25) is 0 Å². The fourth-order valence-electron chi connectivity index (χ4n) is 3.29. The minimum absolute atomic E-state index is 0.425. The Kier molecular flexibility index (Phi) is 4.71. The van der Waals surface area contributed by atoms with Crippen LogP contribution in [0.2, 0.25) is 5.02 Å². The maximum atomic E-state index is 6.42. The smallest absolute Gasteiger partial charge is 0.0440 e. The summed E-state index contributed by atoms with van der Waals surface area (Å²) in [4.78, 5) is 0.425. The first-order valence-corrected chi connectivity index (χ1v) is 8.91. The third-order valence-corrected chi connectivity index (χ3v) is 6.07. The van der Waals surface area contributed by atoms with E-state index in [4.69, 9.17) is 11.6 Å². The first kappa shape index (κ1) is 15.1. The molecular weight excluding hydrogens is 344 g/mol. The van der Waals surface area contributed by atoms with Crippen LogP contribution in [0.25, 0.3) is 0 Å². The maximum Gasteiger partial charge on any atom is 0.0440 e. The summed E-state index contributed by atoms with van der Waals surface area (Å²) in [5, 5.41) is 0.909. The van der Waals surface area contributed by atoms with Crippen LogP contribution < -0.4 is 0 Å². The first-order valence-electron chi connectivity index (χ1n) is 7.62. The van der Waals surface area contributed by atoms with Gasteiger partial charge in [0.05, 0.1) is 0 Å². The minimum atomic E-state index is 0.425. The van der Waals surface area contributed by atoms with E-state index in [2.05, 4.69) is 65.3 Å². The molecule has 2 unspecified atom stereocenters. The summed E-state index contributed by atoms with van der Waals surface area (Å²) >= 11 is 10.4. The van der Waals surface area contributed by atoms with Gasteiger partial charge in [-0.2, -0.15) is 0 Å². The van der Waals surface area contributed by atoms with Gasteiger partial charge in [0, 0.05) is 9.85 Å². The molecule has 110 valence electrons. The molecule has 0 saturated carbocycles. The molecule has 1 aliphatic carbocycles. The summed E-state index contributed by atoms with van der Waals surface area (Å²) in [6.45, 7) is 2.09. The predicted octanol–water partition coefficient (Wildman–Crippen LogP) is 6.28. The van der Waals surface area contributed by atoms with Gasteiger partial charge in [-0.05, 0) is 66.8 Å². The molecule has 0 radical (unpaired) electrons. The quantitative estimate of drug-likeness (QED) is 0.435. The SMILES string of the molecule is Cc1ccc(CC2CCCc3ccccc3C2Br)c(Cl)c1. The van der Waals surface area contributed by atoms with Crippen molar-refractivity contribution in [2.45, 2.75) is 37.4 Å². The lowest BCUT2D eigenvalue weighted by atomic mass is 9.90. The number of halogens is 2. The lowest BCUT2D eigenvalue weighted by molar-refractivity contribution is 0.475. The van der Waals surface area contributed by atoms with Crippen LogP contribution >= 0.6 is 27.5 Å². The van der Waals surface area contributed by atoms with E-state index in [-0.39, 0.29) is 0 Å². The van der Waals surface area contributed by atoms with E-state index in [0.29, 0.717) is 10.7 Å². The molecule has 2 aromatic carbocycles. The number of hydrogen-bond donors (Lipinski definition) is 0. The van der Waals surface area contributed by atoms with Crippen molar-refractivity contribution in [3.8, 4) is 0 Å². The number of fused-ring (bicyclic) bond motifs is 1. The molecule has 0 heterocycles. The average Bonchev–Trinajstić information content (AvgIpc) is 2.63. The van der Waals surface area contributed by atoms with Gasteiger partial charge in [-0.25, -0.2) is 0 Å². The number of rotatable bonds is 2. The molecule has 0 spiro atoms. The molecule has 3 rings (SSSR count). The average molecular weight is 364 g/mol. The maximum absolute atomic E-state index is 6.42. The fourth-order valence-corrected chi connectivity index (χ4v) is 4.50. The van der Waals surface area contributed by atoms with E-state index in [1.54, 1.807) is 0 Å². The van der Waals surface area contributed by atoms with Crippen molar-refractivity contribution in [3.05, 3.63) is 69.7 Å². The molecule has 0 amide bonds. The van der Waals surface area contributed by atoms with Gasteiger partial charge in [-0.1, -0.05) is 63.9 Å². The van der Waals surface area contributed by atoms with Crippen LogP contribution in [0.1, 0.15) is 39.9 Å². The summed E-state index contributed by atoms with van der Waals surface area (Å²) in [7, 11) is 0. The van der Waals surface area contributed by atoms with Crippen molar-refractivity contribution < 1.29 is 0 Å². The Morgan fingerprint density at radius 1 is 1.19 bits per heavy atom. The molecule has 0 bridgehead atoms. The van der Waals surface area contributed by atoms with E-state index in [1.165, 1.54) is 41.5 Å². The molecule has 0 N–H and O–H groups in total. The van der Waals surface area contributed by atoms with Crippen molar-refractivity contribution in [2.24, 2.45) is 5.92 Å². The van der Waals surface area contributed by atoms with Crippen LogP contribution in [0.3, 0.4) is 0 Å². The molecule has 0 nitrogen and oxygen atoms in total. The zero-order valence-corrected chi connectivity index (χ0v) is 14.6. The molecule has 2 aromatic rings. The highest BCUT2D eigenvalue weighted by Crippen LogP contribution is 2.41. The number of benzene rings is 2. The third kappa shape index (κ3) is 3.35. The summed E-state index contributed by atoms with van der Waals surface area (Å²) in [5.41, 5.74) is 5.46. The fraction of sp³-hybridized carbons (Fsp3) is 0.368. The molecule has 0 aliphatic heterocycles. The second-order valence-corrected chi connectivity index (χ2v) is 7.45. The summed E-state index contributed by atoms with van der Waals surface area (Å²) in [6.07, 6.45) is 4.74. The van der Waals surface area contributed by atoms with Gasteiger partial charge in [0.25, 0.3) is 0 Å². The minimum Gasteiger partial charge on any atom is -0.0840 e. The normalized spacial score (nSPS) is 21.7. The Balaban J connectivity index is 1.86. The Morgan fingerprint density at radius 3 is 2.81 bits per heavy atom. The van der Waals surface area contributed by atoms with Gasteiger partial charge in [-0.15, -0.1) is 0 Å². The van der Waals surface area contributed by atoms with Gasteiger partial charge in [0.1, 0.15) is 0 Å². The topological polar surface area (TPSA) is 0 Å². The second-order valence-electron chi connectivity index (χ2n) is 6.05. The van der Waals surface area contributed by atoms with Gasteiger partial charge in [-0.3, -0.25) is 0 Å². The molecule has 0 aromatic heterocycles. The highest BCUT2D eigenvalue weighted by atomic mass is 79.9. The summed E-state index contributed by atoms with van der Waals surface area (Å²) in [6, 6.07) is 15.3. The lowest BCUT2D eigenvalue weighted by Gasteiger charge is -2.22. The van der Waals surface area contributed by atoms with Crippen LogP contribution in [0.4, 0.5) is 0 Å². The number of hydrogen-bond acceptors (Lipinski definition) is 0. The van der Waals surface area contributed by atoms with Crippen molar-refractivity contribution in [3.63, 3.8) is 0 Å². The Hall–Kier alpha value is -0.790. The molecule has 1 aliphatic rings. The molecule has 21 heavy (non-hydrogen) atoms. The van der Waals surface area contributed by atoms with Gasteiger partial charge < -0.3 is 0 Å². The van der Waals surface area contributed by atoms with Crippen LogP contribution in [0.15, 0.2) is 42.5 Å². The summed E-state index contributed by atoms with van der Waals surface area (Å²) < 4.78 is 0. The Labute approximate surface area is 140 Å². The molecule has 2 heteroatoms. The monoisotopic (exact) mass is 362 g/mol. The lowest BCUT2D eigenvalue weighted by Crippen LogP contribution is -2.10. The van der Waals surface area contributed by atoms with E-state index >= 15 is 0 Å². The number of aryl methyl sites for hydroxylation is 2. The van der Waals surface area contributed by atoms with Crippen molar-refractivity contribution in [2.75, 3.05) is 0 Å². The van der Waals surface area contributed by atoms with Crippen LogP contribution in [0, 0.1) is 12.8 Å². The largest absolute Gasteiger partial charge is 0.0840 e. The van der Waals surface area contributed by atoms with E-state index in [9.17, 15) is 0 Å². The van der Waals surface area contributed by atoms with Gasteiger partial charge in [0.15, 0.2) is 0 Å². The second kappa shape index (κ2) is 6.54. The number of alkyl halides is 1. The van der Waals surface area contributed by atoms with E-state index < -0.39 is 0 Å².